The Bertz CT molecular complexity index is 698. The molecule has 20 heavy (non-hydrogen) atoms. The minimum Gasteiger partial charge on any atom is -0.257 e. The third-order valence-corrected chi connectivity index (χ3v) is 5.48. The highest BCUT2D eigenvalue weighted by Crippen LogP contribution is 2.33. The van der Waals surface area contributed by atoms with Crippen LogP contribution in [0.2, 0.25) is 10.0 Å². The van der Waals surface area contributed by atoms with Crippen LogP contribution in [0.3, 0.4) is 0 Å². The van der Waals surface area contributed by atoms with E-state index in [-0.39, 0.29) is 5.13 Å². The summed E-state index contributed by atoms with van der Waals surface area (Å²) >= 11 is 14.7. The molecule has 1 aromatic carbocycles. The lowest BCUT2D eigenvalue weighted by Gasteiger charge is -2.04. The highest BCUT2D eigenvalue weighted by Gasteiger charge is 2.11. The highest BCUT2D eigenvalue weighted by atomic mass is 35.5. The molecular formula is C10H9Cl2N3O2S3. The number of rotatable bonds is 5. The summed E-state index contributed by atoms with van der Waals surface area (Å²) in [7, 11) is -3.34. The normalized spacial score (nSPS) is 11.6. The van der Waals surface area contributed by atoms with Crippen LogP contribution in [0, 0.1) is 0 Å². The Morgan fingerprint density at radius 1 is 1.30 bits per heavy atom. The lowest BCUT2D eigenvalue weighted by Crippen LogP contribution is -2.08. The largest absolute Gasteiger partial charge is 0.257 e. The fraction of sp³-hybridized carbons (Fsp3) is 0.200. The molecule has 10 heteroatoms. The molecule has 1 heterocycles. The lowest BCUT2D eigenvalue weighted by molar-refractivity contribution is 0.606. The number of nitrogens with one attached hydrogen (secondary N) is 1. The molecule has 0 spiro atoms. The number of halogens is 2. The van der Waals surface area contributed by atoms with Gasteiger partial charge >= 0.3 is 0 Å². The van der Waals surface area contributed by atoms with Gasteiger partial charge in [-0.1, -0.05) is 52.4 Å². The summed E-state index contributed by atoms with van der Waals surface area (Å²) in [6.45, 7) is 0. The van der Waals surface area contributed by atoms with Crippen LogP contribution >= 0.6 is 46.3 Å². The van der Waals surface area contributed by atoms with Gasteiger partial charge in [-0.25, -0.2) is 8.42 Å². The van der Waals surface area contributed by atoms with Gasteiger partial charge in [0.25, 0.3) is 0 Å². The lowest BCUT2D eigenvalue weighted by atomic mass is 10.2. The van der Waals surface area contributed by atoms with Gasteiger partial charge < -0.3 is 0 Å². The summed E-state index contributed by atoms with van der Waals surface area (Å²) in [5.41, 5.74) is 0.814. The topological polar surface area (TPSA) is 72.0 Å². The number of nitrogens with zero attached hydrogens (tertiary/aromatic N) is 2. The van der Waals surface area contributed by atoms with E-state index in [1.165, 1.54) is 11.8 Å². The Labute approximate surface area is 134 Å². The van der Waals surface area contributed by atoms with Crippen molar-refractivity contribution in [1.29, 1.82) is 0 Å². The zero-order valence-electron chi connectivity index (χ0n) is 10.1. The summed E-state index contributed by atoms with van der Waals surface area (Å²) in [5, 5.41) is 9.05. The van der Waals surface area contributed by atoms with E-state index in [9.17, 15) is 8.42 Å². The summed E-state index contributed by atoms with van der Waals surface area (Å²) in [6.07, 6.45) is 1.06. The highest BCUT2D eigenvalue weighted by molar-refractivity contribution is 8.00. The molecule has 1 N–H and O–H groups in total. The molecule has 0 atom stereocenters. The number of aromatic nitrogens is 2. The maximum atomic E-state index is 11.1. The van der Waals surface area contributed by atoms with Gasteiger partial charge in [-0.05, 0) is 17.7 Å². The Balaban J connectivity index is 2.05. The molecule has 2 aromatic rings. The number of sulfonamides is 1. The van der Waals surface area contributed by atoms with Crippen LogP contribution < -0.4 is 4.72 Å². The molecule has 5 nitrogen and oxygen atoms in total. The summed E-state index contributed by atoms with van der Waals surface area (Å²) in [4.78, 5) is 0. The van der Waals surface area contributed by atoms with Gasteiger partial charge in [0.05, 0.1) is 6.26 Å². The maximum Gasteiger partial charge on any atom is 0.231 e. The van der Waals surface area contributed by atoms with E-state index in [0.717, 1.165) is 23.2 Å². The summed E-state index contributed by atoms with van der Waals surface area (Å²) < 4.78 is 25.0. The molecule has 0 fully saturated rings. The molecule has 0 unspecified atom stereocenters. The third-order valence-electron chi connectivity index (χ3n) is 2.08. The number of hydrogen-bond donors (Lipinski definition) is 1. The van der Waals surface area contributed by atoms with Crippen LogP contribution in [-0.4, -0.2) is 24.9 Å². The van der Waals surface area contributed by atoms with Crippen molar-refractivity contribution in [3.8, 4) is 0 Å². The van der Waals surface area contributed by atoms with Crippen LogP contribution in [0.5, 0.6) is 0 Å². The first-order valence-electron chi connectivity index (χ1n) is 5.22. The van der Waals surface area contributed by atoms with Crippen LogP contribution in [0.15, 0.2) is 22.5 Å². The second-order valence-electron chi connectivity index (χ2n) is 3.74. The molecule has 108 valence electrons. The first kappa shape index (κ1) is 15.8. The van der Waals surface area contributed by atoms with Crippen molar-refractivity contribution in [2.75, 3.05) is 11.0 Å². The van der Waals surface area contributed by atoms with Crippen LogP contribution in [0.25, 0.3) is 0 Å². The van der Waals surface area contributed by atoms with E-state index in [2.05, 4.69) is 14.9 Å². The average Bonchev–Trinajstić information content (AvgIpc) is 2.73. The molecular weight excluding hydrogens is 361 g/mol. The van der Waals surface area contributed by atoms with Crippen molar-refractivity contribution in [3.63, 3.8) is 0 Å². The fourth-order valence-electron chi connectivity index (χ4n) is 1.27. The molecule has 0 radical (unpaired) electrons. The first-order chi connectivity index (χ1) is 9.35. The van der Waals surface area contributed by atoms with E-state index in [4.69, 9.17) is 23.2 Å². The summed E-state index contributed by atoms with van der Waals surface area (Å²) in [6, 6.07) is 5.30. The smallest absolute Gasteiger partial charge is 0.231 e. The number of hydrogen-bond acceptors (Lipinski definition) is 6. The van der Waals surface area contributed by atoms with E-state index >= 15 is 0 Å². The van der Waals surface area contributed by atoms with Gasteiger partial charge in [0, 0.05) is 15.8 Å². The maximum absolute atomic E-state index is 11.1. The molecule has 0 aliphatic carbocycles. The molecule has 0 saturated heterocycles. The predicted octanol–water partition coefficient (Wildman–Crippen LogP) is 3.51. The minimum atomic E-state index is -3.34. The molecule has 0 bridgehead atoms. The third kappa shape index (κ3) is 4.49. The Kier molecular flexibility index (Phi) is 5.14. The van der Waals surface area contributed by atoms with Gasteiger partial charge in [0.15, 0.2) is 4.34 Å². The zero-order valence-corrected chi connectivity index (χ0v) is 14.1. The molecule has 0 aliphatic heterocycles. The van der Waals surface area contributed by atoms with E-state index in [1.807, 2.05) is 0 Å². The molecule has 2 rings (SSSR count). The van der Waals surface area contributed by atoms with Crippen molar-refractivity contribution < 1.29 is 8.42 Å². The molecule has 0 aliphatic rings. The second kappa shape index (κ2) is 6.48. The van der Waals surface area contributed by atoms with Crippen LogP contribution in [-0.2, 0) is 15.8 Å². The van der Waals surface area contributed by atoms with Crippen LogP contribution in [0.1, 0.15) is 5.56 Å². The monoisotopic (exact) mass is 369 g/mol. The van der Waals surface area contributed by atoms with Crippen molar-refractivity contribution in [1.82, 2.24) is 10.2 Å². The predicted molar refractivity (Wildman–Crippen MR) is 84.4 cm³/mol. The Morgan fingerprint density at radius 3 is 2.55 bits per heavy atom. The SMILES string of the molecule is CS(=O)(=O)Nc1nnc(SCc2c(Cl)cccc2Cl)s1. The molecule has 0 amide bonds. The van der Waals surface area contributed by atoms with Gasteiger partial charge in [-0.3, -0.25) is 4.72 Å². The molecule has 0 saturated carbocycles. The van der Waals surface area contributed by atoms with Gasteiger partial charge in [-0.2, -0.15) is 0 Å². The van der Waals surface area contributed by atoms with Gasteiger partial charge in [0.1, 0.15) is 0 Å². The van der Waals surface area contributed by atoms with Crippen molar-refractivity contribution in [2.45, 2.75) is 10.1 Å². The van der Waals surface area contributed by atoms with E-state index in [1.54, 1.807) is 18.2 Å². The van der Waals surface area contributed by atoms with Crippen molar-refractivity contribution in [2.24, 2.45) is 0 Å². The van der Waals surface area contributed by atoms with Crippen molar-refractivity contribution >= 4 is 61.5 Å². The number of benzene rings is 1. The minimum absolute atomic E-state index is 0.236. The quantitative estimate of drug-likeness (QED) is 0.816. The summed E-state index contributed by atoms with van der Waals surface area (Å²) in [5.74, 6) is 0.534. The Hall–Kier alpha value is -0.540. The zero-order chi connectivity index (χ0) is 14.8. The van der Waals surface area contributed by atoms with E-state index in [0.29, 0.717) is 20.1 Å². The van der Waals surface area contributed by atoms with Crippen molar-refractivity contribution in [3.05, 3.63) is 33.8 Å². The number of anilines is 1. The fourth-order valence-corrected chi connectivity index (χ4v) is 4.60. The van der Waals surface area contributed by atoms with E-state index < -0.39 is 10.0 Å². The first-order valence-corrected chi connectivity index (χ1v) is 9.67. The van der Waals surface area contributed by atoms with Gasteiger partial charge in [-0.15, -0.1) is 10.2 Å². The Morgan fingerprint density at radius 2 is 1.95 bits per heavy atom. The average molecular weight is 370 g/mol. The second-order valence-corrected chi connectivity index (χ2v) is 8.50. The van der Waals surface area contributed by atoms with Crippen LogP contribution in [0.4, 0.5) is 5.13 Å². The standard InChI is InChI=1S/C10H9Cl2N3O2S3/c1-20(16,17)15-9-13-14-10(19-9)18-5-6-7(11)3-2-4-8(6)12/h2-4H,5H2,1H3,(H,13,15). The number of thioether (sulfide) groups is 1. The van der Waals surface area contributed by atoms with Gasteiger partial charge in [0.2, 0.25) is 15.2 Å². The molecule has 1 aromatic heterocycles.